The molecule has 0 heterocycles. The maximum absolute atomic E-state index is 12.5. The highest BCUT2D eigenvalue weighted by Gasteiger charge is 2.26. The summed E-state index contributed by atoms with van der Waals surface area (Å²) in [6.45, 7) is 5.07. The summed E-state index contributed by atoms with van der Waals surface area (Å²) in [6, 6.07) is 4.50. The number of amides is 1. The van der Waals surface area contributed by atoms with Crippen LogP contribution in [0.5, 0.6) is 0 Å². The van der Waals surface area contributed by atoms with Crippen molar-refractivity contribution in [2.24, 2.45) is 5.84 Å². The summed E-state index contributed by atoms with van der Waals surface area (Å²) in [7, 11) is 0. The van der Waals surface area contributed by atoms with Gasteiger partial charge in [-0.15, -0.1) is 0 Å². The number of nitro groups is 1. The monoisotopic (exact) mass is 280 g/mol. The van der Waals surface area contributed by atoms with Crippen molar-refractivity contribution in [1.82, 2.24) is 4.90 Å². The molecule has 3 N–H and O–H groups in total. The molecule has 1 aromatic rings. The van der Waals surface area contributed by atoms with Crippen LogP contribution in [-0.4, -0.2) is 28.8 Å². The number of hydrogen-bond acceptors (Lipinski definition) is 5. The number of benzene rings is 1. The quantitative estimate of drug-likeness (QED) is 0.452. The predicted molar refractivity (Wildman–Crippen MR) is 77.4 cm³/mol. The minimum atomic E-state index is -0.585. The zero-order valence-corrected chi connectivity index (χ0v) is 11.8. The van der Waals surface area contributed by atoms with Crippen molar-refractivity contribution in [3.8, 4) is 0 Å². The lowest BCUT2D eigenvalue weighted by Crippen LogP contribution is -2.33. The van der Waals surface area contributed by atoms with E-state index in [1.807, 2.05) is 13.8 Å². The second-order valence-electron chi connectivity index (χ2n) is 4.40. The van der Waals surface area contributed by atoms with E-state index in [9.17, 15) is 14.9 Å². The van der Waals surface area contributed by atoms with Crippen LogP contribution in [0.15, 0.2) is 18.2 Å². The van der Waals surface area contributed by atoms with Crippen molar-refractivity contribution in [3.63, 3.8) is 0 Å². The summed E-state index contributed by atoms with van der Waals surface area (Å²) in [4.78, 5) is 24.7. The van der Waals surface area contributed by atoms with Crippen LogP contribution in [0.1, 0.15) is 37.0 Å². The van der Waals surface area contributed by atoms with Crippen LogP contribution in [0, 0.1) is 10.1 Å². The third-order valence-electron chi connectivity index (χ3n) is 2.88. The Bertz CT molecular complexity index is 485. The standard InChI is InChI=1S/C13H20N4O3/c1-3-8-16(9-4-2)13(18)10-6-5-7-11(15-14)12(10)17(19)20/h5-7,15H,3-4,8-9,14H2,1-2H3. The van der Waals surface area contributed by atoms with E-state index >= 15 is 0 Å². The van der Waals surface area contributed by atoms with E-state index in [0.29, 0.717) is 13.1 Å². The average Bonchev–Trinajstić information content (AvgIpc) is 2.45. The topological polar surface area (TPSA) is 102 Å². The first-order valence-electron chi connectivity index (χ1n) is 6.60. The Kier molecular flexibility index (Phi) is 5.92. The van der Waals surface area contributed by atoms with Gasteiger partial charge in [0.1, 0.15) is 11.3 Å². The van der Waals surface area contributed by atoms with E-state index < -0.39 is 4.92 Å². The summed E-state index contributed by atoms with van der Waals surface area (Å²) < 4.78 is 0. The van der Waals surface area contributed by atoms with Gasteiger partial charge in [0.15, 0.2) is 0 Å². The lowest BCUT2D eigenvalue weighted by molar-refractivity contribution is -0.384. The fraction of sp³-hybridized carbons (Fsp3) is 0.462. The Morgan fingerprint density at radius 2 is 1.95 bits per heavy atom. The van der Waals surface area contributed by atoms with Crippen molar-refractivity contribution >= 4 is 17.3 Å². The summed E-state index contributed by atoms with van der Waals surface area (Å²) in [5, 5.41) is 11.2. The van der Waals surface area contributed by atoms with Gasteiger partial charge in [0, 0.05) is 13.1 Å². The van der Waals surface area contributed by atoms with Gasteiger partial charge in [0.25, 0.3) is 5.91 Å². The molecule has 1 amide bonds. The Morgan fingerprint density at radius 3 is 2.40 bits per heavy atom. The fourth-order valence-electron chi connectivity index (χ4n) is 2.05. The molecule has 0 saturated carbocycles. The van der Waals surface area contributed by atoms with Crippen molar-refractivity contribution < 1.29 is 9.72 Å². The molecule has 7 nitrogen and oxygen atoms in total. The molecule has 7 heteroatoms. The van der Waals surface area contributed by atoms with Crippen LogP contribution in [-0.2, 0) is 0 Å². The van der Waals surface area contributed by atoms with Gasteiger partial charge in [-0.3, -0.25) is 20.8 Å². The van der Waals surface area contributed by atoms with Crippen LogP contribution in [0.25, 0.3) is 0 Å². The molecule has 0 aliphatic heterocycles. The molecule has 0 unspecified atom stereocenters. The summed E-state index contributed by atoms with van der Waals surface area (Å²) in [6.07, 6.45) is 1.60. The van der Waals surface area contributed by atoms with Gasteiger partial charge in [-0.05, 0) is 25.0 Å². The lowest BCUT2D eigenvalue weighted by Gasteiger charge is -2.21. The van der Waals surface area contributed by atoms with Crippen LogP contribution in [0.4, 0.5) is 11.4 Å². The number of nitrogen functional groups attached to an aromatic ring is 1. The third-order valence-corrected chi connectivity index (χ3v) is 2.88. The van der Waals surface area contributed by atoms with Crippen LogP contribution in [0.3, 0.4) is 0 Å². The Morgan fingerprint density at radius 1 is 1.35 bits per heavy atom. The molecule has 0 spiro atoms. The molecule has 0 aliphatic rings. The van der Waals surface area contributed by atoms with Gasteiger partial charge in [-0.2, -0.15) is 0 Å². The number of nitro benzene ring substituents is 1. The predicted octanol–water partition coefficient (Wildman–Crippen LogP) is 2.14. The molecule has 0 aliphatic carbocycles. The number of nitrogens with zero attached hydrogens (tertiary/aromatic N) is 2. The van der Waals surface area contributed by atoms with E-state index in [2.05, 4.69) is 5.43 Å². The second kappa shape index (κ2) is 7.44. The number of hydrazine groups is 1. The summed E-state index contributed by atoms with van der Waals surface area (Å²) in [5.74, 6) is 4.94. The first-order valence-corrected chi connectivity index (χ1v) is 6.60. The minimum Gasteiger partial charge on any atom is -0.338 e. The van der Waals surface area contributed by atoms with Crippen LogP contribution >= 0.6 is 0 Å². The normalized spacial score (nSPS) is 10.2. The van der Waals surface area contributed by atoms with E-state index in [0.717, 1.165) is 12.8 Å². The number of carbonyl (C=O) groups is 1. The number of anilines is 1. The number of rotatable bonds is 7. The molecule has 0 fully saturated rings. The number of nitrogens with one attached hydrogen (secondary N) is 1. The Hall–Kier alpha value is -2.15. The van der Waals surface area contributed by atoms with Crippen molar-refractivity contribution in [2.45, 2.75) is 26.7 Å². The summed E-state index contributed by atoms with van der Waals surface area (Å²) >= 11 is 0. The Labute approximate surface area is 117 Å². The smallest absolute Gasteiger partial charge is 0.306 e. The highest BCUT2D eigenvalue weighted by Crippen LogP contribution is 2.28. The maximum atomic E-state index is 12.5. The van der Waals surface area contributed by atoms with Gasteiger partial charge in [0.05, 0.1) is 4.92 Å². The zero-order chi connectivity index (χ0) is 15.1. The zero-order valence-electron chi connectivity index (χ0n) is 11.8. The van der Waals surface area contributed by atoms with Crippen molar-refractivity contribution in [3.05, 3.63) is 33.9 Å². The molecular formula is C13H20N4O3. The highest BCUT2D eigenvalue weighted by atomic mass is 16.6. The number of nitrogens with two attached hydrogens (primary N) is 1. The van der Waals surface area contributed by atoms with Gasteiger partial charge in [0.2, 0.25) is 0 Å². The van der Waals surface area contributed by atoms with Crippen LogP contribution < -0.4 is 11.3 Å². The van der Waals surface area contributed by atoms with Gasteiger partial charge >= 0.3 is 5.69 Å². The molecule has 1 aromatic carbocycles. The maximum Gasteiger partial charge on any atom is 0.306 e. The van der Waals surface area contributed by atoms with Gasteiger partial charge in [-0.25, -0.2) is 0 Å². The molecule has 0 radical (unpaired) electrons. The van der Waals surface area contributed by atoms with E-state index in [1.54, 1.807) is 11.0 Å². The molecule has 0 aromatic heterocycles. The fourth-order valence-corrected chi connectivity index (χ4v) is 2.05. The third kappa shape index (κ3) is 3.45. The molecule has 110 valence electrons. The average molecular weight is 280 g/mol. The molecule has 0 bridgehead atoms. The molecule has 1 rings (SSSR count). The van der Waals surface area contributed by atoms with Gasteiger partial charge < -0.3 is 10.3 Å². The highest BCUT2D eigenvalue weighted by molar-refractivity contribution is 6.00. The lowest BCUT2D eigenvalue weighted by atomic mass is 10.1. The van der Waals surface area contributed by atoms with E-state index in [4.69, 9.17) is 5.84 Å². The number of para-hydroxylation sites is 1. The number of hydrogen-bond donors (Lipinski definition) is 2. The first kappa shape index (κ1) is 15.9. The second-order valence-corrected chi connectivity index (χ2v) is 4.40. The Balaban J connectivity index is 3.23. The molecule has 0 atom stereocenters. The van der Waals surface area contributed by atoms with Crippen LogP contribution in [0.2, 0.25) is 0 Å². The SMILES string of the molecule is CCCN(CCC)C(=O)c1cccc(NN)c1[N+](=O)[O-]. The van der Waals surface area contributed by atoms with E-state index in [1.165, 1.54) is 12.1 Å². The summed E-state index contributed by atoms with van der Waals surface area (Å²) in [5.41, 5.74) is 2.18. The van der Waals surface area contributed by atoms with E-state index in [-0.39, 0.29) is 22.8 Å². The largest absolute Gasteiger partial charge is 0.338 e. The molecular weight excluding hydrogens is 260 g/mol. The number of carbonyl (C=O) groups excluding carboxylic acids is 1. The molecule has 0 saturated heterocycles. The van der Waals surface area contributed by atoms with Gasteiger partial charge in [-0.1, -0.05) is 19.9 Å². The van der Waals surface area contributed by atoms with Crippen molar-refractivity contribution in [2.75, 3.05) is 18.5 Å². The molecule has 20 heavy (non-hydrogen) atoms. The minimum absolute atomic E-state index is 0.0624. The van der Waals surface area contributed by atoms with Crippen molar-refractivity contribution in [1.29, 1.82) is 0 Å². The first-order chi connectivity index (χ1) is 9.56.